The highest BCUT2D eigenvalue weighted by Crippen LogP contribution is 2.19. The van der Waals surface area contributed by atoms with Crippen LogP contribution in [0, 0.1) is 0 Å². The van der Waals surface area contributed by atoms with Crippen LogP contribution in [-0.2, 0) is 16.0 Å². The second-order valence-corrected chi connectivity index (χ2v) is 4.33. The topological polar surface area (TPSA) is 43.4 Å². The maximum atomic E-state index is 11.4. The lowest BCUT2D eigenvalue weighted by Crippen LogP contribution is -2.10. The second kappa shape index (κ2) is 6.01. The Hall–Kier alpha value is -0.870. The maximum Gasteiger partial charge on any atom is 0.347 e. The molecule has 0 fully saturated rings. The number of carbonyl (C=O) groups excluding carboxylic acids is 2. The molecule has 0 N–H and O–H groups in total. The molecule has 1 rings (SSSR count). The quantitative estimate of drug-likeness (QED) is 0.490. The lowest BCUT2D eigenvalue weighted by atomic mass is 10.1. The number of ether oxygens (including phenoxy) is 1. The van der Waals surface area contributed by atoms with Gasteiger partial charge in [-0.2, -0.15) is 0 Å². The number of benzene rings is 1. The van der Waals surface area contributed by atoms with Gasteiger partial charge in [-0.15, -0.1) is 0 Å². The molecule has 3 nitrogen and oxygen atoms in total. The lowest BCUT2D eigenvalue weighted by Gasteiger charge is -2.04. The van der Waals surface area contributed by atoms with Crippen molar-refractivity contribution < 1.29 is 14.3 Å². The fraction of sp³-hybridized carbons (Fsp3) is 0.273. The van der Waals surface area contributed by atoms with Crippen molar-refractivity contribution in [3.05, 3.63) is 34.3 Å². The van der Waals surface area contributed by atoms with Crippen LogP contribution in [-0.4, -0.2) is 17.3 Å². The minimum Gasteiger partial charge on any atom is -0.390 e. The van der Waals surface area contributed by atoms with Gasteiger partial charge in [-0.3, -0.25) is 4.79 Å². The first kappa shape index (κ1) is 13.2. The summed E-state index contributed by atoms with van der Waals surface area (Å²) in [4.78, 5) is 22.0. The van der Waals surface area contributed by atoms with E-state index in [4.69, 9.17) is 11.6 Å². The van der Waals surface area contributed by atoms with E-state index in [1.807, 2.05) is 0 Å². The molecule has 0 radical (unpaired) electrons. The molecule has 0 saturated carbocycles. The Kier molecular flexibility index (Phi) is 4.96. The second-order valence-electron chi connectivity index (χ2n) is 3.13. The predicted molar refractivity (Wildman–Crippen MR) is 65.0 cm³/mol. The summed E-state index contributed by atoms with van der Waals surface area (Å²) in [5.41, 5.74) is 1.22. The Balaban J connectivity index is 2.90. The molecule has 0 aliphatic carbocycles. The normalized spacial score (nSPS) is 9.94. The third-order valence-corrected chi connectivity index (χ3v) is 2.58. The molecular formula is C11H10BrClO3. The van der Waals surface area contributed by atoms with Gasteiger partial charge < -0.3 is 4.74 Å². The van der Waals surface area contributed by atoms with Crippen molar-refractivity contribution in [2.45, 2.75) is 13.3 Å². The van der Waals surface area contributed by atoms with Crippen molar-refractivity contribution in [2.75, 3.05) is 5.33 Å². The Labute approximate surface area is 107 Å². The molecule has 0 aliphatic heterocycles. The van der Waals surface area contributed by atoms with Crippen LogP contribution in [0.3, 0.4) is 0 Å². The van der Waals surface area contributed by atoms with Gasteiger partial charge in [0.25, 0.3) is 0 Å². The monoisotopic (exact) mass is 304 g/mol. The number of alkyl halides is 1. The Morgan fingerprint density at radius 3 is 2.62 bits per heavy atom. The maximum absolute atomic E-state index is 11.4. The van der Waals surface area contributed by atoms with E-state index in [0.29, 0.717) is 5.02 Å². The zero-order valence-electron chi connectivity index (χ0n) is 8.63. The van der Waals surface area contributed by atoms with Crippen molar-refractivity contribution in [3.63, 3.8) is 0 Å². The average molecular weight is 306 g/mol. The van der Waals surface area contributed by atoms with Gasteiger partial charge in [0.2, 0.25) is 0 Å². The summed E-state index contributed by atoms with van der Waals surface area (Å²) in [6.45, 7) is 1.17. The number of halogens is 2. The Bertz CT molecular complexity index is 418. The third-order valence-electron chi connectivity index (χ3n) is 1.87. The molecule has 0 aromatic heterocycles. The van der Waals surface area contributed by atoms with E-state index in [1.165, 1.54) is 6.92 Å². The summed E-state index contributed by atoms with van der Waals surface area (Å²) in [5.74, 6) is -1.37. The molecule has 16 heavy (non-hydrogen) atoms. The van der Waals surface area contributed by atoms with Crippen molar-refractivity contribution >= 4 is 39.5 Å². The molecule has 1 aromatic rings. The van der Waals surface area contributed by atoms with Gasteiger partial charge in [0.05, 0.1) is 10.6 Å². The summed E-state index contributed by atoms with van der Waals surface area (Å²) in [5, 5.41) is 1.12. The van der Waals surface area contributed by atoms with Crippen molar-refractivity contribution in [2.24, 2.45) is 0 Å². The van der Waals surface area contributed by atoms with Crippen LogP contribution < -0.4 is 0 Å². The largest absolute Gasteiger partial charge is 0.390 e. The van der Waals surface area contributed by atoms with Crippen LogP contribution in [0.4, 0.5) is 0 Å². The predicted octanol–water partition coefficient (Wildman–Crippen LogP) is 2.98. The molecular weight excluding hydrogens is 295 g/mol. The van der Waals surface area contributed by atoms with Crippen molar-refractivity contribution in [3.8, 4) is 0 Å². The van der Waals surface area contributed by atoms with Crippen LogP contribution in [0.5, 0.6) is 0 Å². The number of esters is 2. The highest BCUT2D eigenvalue weighted by Gasteiger charge is 2.13. The fourth-order valence-electron chi connectivity index (χ4n) is 1.17. The van der Waals surface area contributed by atoms with Gasteiger partial charge in [0.1, 0.15) is 0 Å². The van der Waals surface area contributed by atoms with E-state index < -0.39 is 11.9 Å². The number of hydrogen-bond acceptors (Lipinski definition) is 3. The lowest BCUT2D eigenvalue weighted by molar-refractivity contribution is -0.135. The molecule has 0 spiro atoms. The number of rotatable bonds is 3. The molecule has 0 amide bonds. The first-order chi connectivity index (χ1) is 7.54. The van der Waals surface area contributed by atoms with Gasteiger partial charge >= 0.3 is 11.9 Å². The van der Waals surface area contributed by atoms with Gasteiger partial charge in [-0.05, 0) is 24.1 Å². The standard InChI is InChI=1S/C11H10BrClO3/c1-7(14)16-11(15)9-3-2-8(4-5-12)6-10(9)13/h2-3,6H,4-5H2,1H3. The van der Waals surface area contributed by atoms with E-state index >= 15 is 0 Å². The fourth-order valence-corrected chi connectivity index (χ4v) is 1.91. The van der Waals surface area contributed by atoms with Crippen LogP contribution in [0.1, 0.15) is 22.8 Å². The molecule has 1 aromatic carbocycles. The van der Waals surface area contributed by atoms with Gasteiger partial charge in [0, 0.05) is 12.3 Å². The molecule has 0 aliphatic rings. The smallest absolute Gasteiger partial charge is 0.347 e. The van der Waals surface area contributed by atoms with Crippen molar-refractivity contribution in [1.29, 1.82) is 0 Å². The first-order valence-corrected chi connectivity index (χ1v) is 6.11. The molecule has 0 heterocycles. The molecule has 5 heteroatoms. The number of aryl methyl sites for hydroxylation is 1. The summed E-state index contributed by atoms with van der Waals surface area (Å²) in [6, 6.07) is 5.04. The van der Waals surface area contributed by atoms with E-state index in [0.717, 1.165) is 17.3 Å². The highest BCUT2D eigenvalue weighted by molar-refractivity contribution is 9.09. The zero-order valence-corrected chi connectivity index (χ0v) is 11.0. The van der Waals surface area contributed by atoms with Crippen molar-refractivity contribution in [1.82, 2.24) is 0 Å². The van der Waals surface area contributed by atoms with E-state index in [-0.39, 0.29) is 5.56 Å². The highest BCUT2D eigenvalue weighted by atomic mass is 79.9. The summed E-state index contributed by atoms with van der Waals surface area (Å²) >= 11 is 9.23. The summed E-state index contributed by atoms with van der Waals surface area (Å²) in [7, 11) is 0. The SMILES string of the molecule is CC(=O)OC(=O)c1ccc(CCBr)cc1Cl. The molecule has 0 atom stereocenters. The number of carbonyl (C=O) groups is 2. The molecule has 0 bridgehead atoms. The van der Waals surface area contributed by atoms with Crippen LogP contribution in [0.2, 0.25) is 5.02 Å². The van der Waals surface area contributed by atoms with Gasteiger partial charge in [0.15, 0.2) is 0 Å². The van der Waals surface area contributed by atoms with Crippen LogP contribution in [0.15, 0.2) is 18.2 Å². The van der Waals surface area contributed by atoms with E-state index in [2.05, 4.69) is 20.7 Å². The molecule has 86 valence electrons. The molecule has 0 unspecified atom stereocenters. The Morgan fingerprint density at radius 1 is 1.44 bits per heavy atom. The van der Waals surface area contributed by atoms with Crippen LogP contribution >= 0.6 is 27.5 Å². The zero-order chi connectivity index (χ0) is 12.1. The summed E-state index contributed by atoms with van der Waals surface area (Å²) < 4.78 is 4.45. The first-order valence-electron chi connectivity index (χ1n) is 4.61. The molecule has 0 saturated heterocycles. The van der Waals surface area contributed by atoms with Crippen LogP contribution in [0.25, 0.3) is 0 Å². The van der Waals surface area contributed by atoms with E-state index in [1.54, 1.807) is 18.2 Å². The average Bonchev–Trinajstić information content (AvgIpc) is 2.16. The summed E-state index contributed by atoms with van der Waals surface area (Å²) in [6.07, 6.45) is 0.821. The minimum absolute atomic E-state index is 0.204. The van der Waals surface area contributed by atoms with E-state index in [9.17, 15) is 9.59 Å². The van der Waals surface area contributed by atoms with Gasteiger partial charge in [-0.1, -0.05) is 33.6 Å². The minimum atomic E-state index is -0.720. The Morgan fingerprint density at radius 2 is 2.12 bits per heavy atom. The third kappa shape index (κ3) is 3.61. The van der Waals surface area contributed by atoms with Gasteiger partial charge in [-0.25, -0.2) is 4.79 Å². The number of hydrogen-bond donors (Lipinski definition) is 0.